The van der Waals surface area contributed by atoms with E-state index in [1.165, 1.54) is 12.8 Å². The van der Waals surface area contributed by atoms with E-state index in [4.69, 9.17) is 9.26 Å². The van der Waals surface area contributed by atoms with Crippen molar-refractivity contribution in [1.29, 1.82) is 0 Å². The Balaban J connectivity index is 1.65. The zero-order valence-corrected chi connectivity index (χ0v) is 15.1. The van der Waals surface area contributed by atoms with Crippen molar-refractivity contribution in [1.82, 2.24) is 15.1 Å². The standard InChI is InChI=1S/C20H22N4O2/c1-14-5-4-12-24(13-14)19-17(6-3-11-21-19)20-22-18(23-26-20)15-7-9-16(25-2)10-8-15/h3,6-11,14H,4-5,12-13H2,1-2H3. The van der Waals surface area contributed by atoms with Crippen LogP contribution in [0.3, 0.4) is 0 Å². The third kappa shape index (κ3) is 3.27. The average molecular weight is 350 g/mol. The van der Waals surface area contributed by atoms with Gasteiger partial charge in [-0.25, -0.2) is 4.98 Å². The van der Waals surface area contributed by atoms with Crippen LogP contribution in [-0.4, -0.2) is 35.3 Å². The lowest BCUT2D eigenvalue weighted by molar-refractivity contribution is 0.414. The van der Waals surface area contributed by atoms with Gasteiger partial charge in [0.05, 0.1) is 12.7 Å². The molecular weight excluding hydrogens is 328 g/mol. The second kappa shape index (κ2) is 7.15. The van der Waals surface area contributed by atoms with Crippen molar-refractivity contribution in [3.8, 4) is 28.6 Å². The van der Waals surface area contributed by atoms with Crippen LogP contribution in [-0.2, 0) is 0 Å². The van der Waals surface area contributed by atoms with E-state index in [1.807, 2.05) is 42.6 Å². The number of piperidine rings is 1. The number of benzene rings is 1. The van der Waals surface area contributed by atoms with E-state index in [0.717, 1.165) is 35.8 Å². The highest BCUT2D eigenvalue weighted by molar-refractivity contribution is 5.71. The van der Waals surface area contributed by atoms with Crippen LogP contribution in [0, 0.1) is 5.92 Å². The van der Waals surface area contributed by atoms with Crippen LogP contribution in [0.25, 0.3) is 22.8 Å². The molecule has 4 rings (SSSR count). The Labute approximate surface area is 152 Å². The SMILES string of the molecule is COc1ccc(-c2noc(-c3cccnc3N3CCCC(C)C3)n2)cc1. The van der Waals surface area contributed by atoms with Gasteiger partial charge < -0.3 is 14.2 Å². The first kappa shape index (κ1) is 16.6. The molecule has 0 amide bonds. The fraction of sp³-hybridized carbons (Fsp3) is 0.350. The molecule has 3 aromatic rings. The second-order valence-corrected chi connectivity index (χ2v) is 6.72. The number of ether oxygens (including phenoxy) is 1. The molecule has 6 nitrogen and oxygen atoms in total. The number of hydrogen-bond donors (Lipinski definition) is 0. The van der Waals surface area contributed by atoms with E-state index < -0.39 is 0 Å². The molecule has 134 valence electrons. The van der Waals surface area contributed by atoms with E-state index in [1.54, 1.807) is 7.11 Å². The summed E-state index contributed by atoms with van der Waals surface area (Å²) >= 11 is 0. The van der Waals surface area contributed by atoms with Crippen molar-refractivity contribution < 1.29 is 9.26 Å². The van der Waals surface area contributed by atoms with E-state index in [0.29, 0.717) is 17.6 Å². The minimum absolute atomic E-state index is 0.497. The number of pyridine rings is 1. The molecule has 0 radical (unpaired) electrons. The van der Waals surface area contributed by atoms with Gasteiger partial charge in [0.2, 0.25) is 5.82 Å². The van der Waals surface area contributed by atoms with E-state index >= 15 is 0 Å². The van der Waals surface area contributed by atoms with Gasteiger partial charge in [-0.15, -0.1) is 0 Å². The molecule has 1 atom stereocenters. The minimum atomic E-state index is 0.497. The van der Waals surface area contributed by atoms with Crippen molar-refractivity contribution in [2.45, 2.75) is 19.8 Å². The number of anilines is 1. The fourth-order valence-corrected chi connectivity index (χ4v) is 3.39. The van der Waals surface area contributed by atoms with Crippen LogP contribution in [0.4, 0.5) is 5.82 Å². The van der Waals surface area contributed by atoms with Crippen molar-refractivity contribution in [2.75, 3.05) is 25.1 Å². The van der Waals surface area contributed by atoms with Gasteiger partial charge in [0.15, 0.2) is 0 Å². The predicted molar refractivity (Wildman–Crippen MR) is 100 cm³/mol. The maximum Gasteiger partial charge on any atom is 0.261 e. The molecule has 6 heteroatoms. The van der Waals surface area contributed by atoms with Gasteiger partial charge in [-0.05, 0) is 55.2 Å². The molecule has 0 N–H and O–H groups in total. The third-order valence-corrected chi connectivity index (χ3v) is 4.75. The fourth-order valence-electron chi connectivity index (χ4n) is 3.39. The molecule has 1 unspecified atom stereocenters. The molecule has 26 heavy (non-hydrogen) atoms. The number of aromatic nitrogens is 3. The Hall–Kier alpha value is -2.89. The quantitative estimate of drug-likeness (QED) is 0.707. The van der Waals surface area contributed by atoms with Crippen LogP contribution < -0.4 is 9.64 Å². The summed E-state index contributed by atoms with van der Waals surface area (Å²) in [6, 6.07) is 11.5. The first-order chi connectivity index (χ1) is 12.7. The number of rotatable bonds is 4. The Morgan fingerprint density at radius 3 is 2.81 bits per heavy atom. The van der Waals surface area contributed by atoms with E-state index in [2.05, 4.69) is 26.9 Å². The lowest BCUT2D eigenvalue weighted by Crippen LogP contribution is -2.35. The summed E-state index contributed by atoms with van der Waals surface area (Å²) in [4.78, 5) is 11.5. The summed E-state index contributed by atoms with van der Waals surface area (Å²) in [6.45, 7) is 4.29. The molecule has 3 heterocycles. The molecule has 0 bridgehead atoms. The number of methoxy groups -OCH3 is 1. The summed E-state index contributed by atoms with van der Waals surface area (Å²) in [5.41, 5.74) is 1.77. The number of hydrogen-bond acceptors (Lipinski definition) is 6. The summed E-state index contributed by atoms with van der Waals surface area (Å²) in [5.74, 6) is 3.44. The monoisotopic (exact) mass is 350 g/mol. The van der Waals surface area contributed by atoms with Crippen LogP contribution in [0.5, 0.6) is 5.75 Å². The highest BCUT2D eigenvalue weighted by Crippen LogP contribution is 2.32. The van der Waals surface area contributed by atoms with Crippen LogP contribution in [0.2, 0.25) is 0 Å². The van der Waals surface area contributed by atoms with Gasteiger partial charge in [0.25, 0.3) is 5.89 Å². The molecule has 1 aliphatic rings. The molecule has 1 saturated heterocycles. The third-order valence-electron chi connectivity index (χ3n) is 4.75. The van der Waals surface area contributed by atoms with Crippen molar-refractivity contribution in [3.63, 3.8) is 0 Å². The predicted octanol–water partition coefficient (Wildman–Crippen LogP) is 4.04. The zero-order valence-electron chi connectivity index (χ0n) is 15.1. The smallest absolute Gasteiger partial charge is 0.261 e. The Bertz CT molecular complexity index is 876. The van der Waals surface area contributed by atoms with Crippen molar-refractivity contribution in [3.05, 3.63) is 42.6 Å². The van der Waals surface area contributed by atoms with E-state index in [-0.39, 0.29) is 0 Å². The molecule has 0 saturated carbocycles. The maximum atomic E-state index is 5.56. The van der Waals surface area contributed by atoms with Gasteiger partial charge in [-0.1, -0.05) is 12.1 Å². The second-order valence-electron chi connectivity index (χ2n) is 6.72. The topological polar surface area (TPSA) is 64.3 Å². The van der Waals surface area contributed by atoms with Gasteiger partial charge in [0.1, 0.15) is 11.6 Å². The lowest BCUT2D eigenvalue weighted by Gasteiger charge is -2.32. The maximum absolute atomic E-state index is 5.56. The van der Waals surface area contributed by atoms with Gasteiger partial charge in [0, 0.05) is 24.8 Å². The summed E-state index contributed by atoms with van der Waals surface area (Å²) in [7, 11) is 1.65. The van der Waals surface area contributed by atoms with Crippen LogP contribution >= 0.6 is 0 Å². The van der Waals surface area contributed by atoms with Crippen LogP contribution in [0.15, 0.2) is 47.1 Å². The summed E-state index contributed by atoms with van der Waals surface area (Å²) < 4.78 is 10.8. The van der Waals surface area contributed by atoms with Crippen molar-refractivity contribution >= 4 is 5.82 Å². The molecule has 1 fully saturated rings. The lowest BCUT2D eigenvalue weighted by atomic mass is 10.00. The van der Waals surface area contributed by atoms with Crippen molar-refractivity contribution in [2.24, 2.45) is 5.92 Å². The van der Waals surface area contributed by atoms with E-state index in [9.17, 15) is 0 Å². The Morgan fingerprint density at radius 2 is 2.04 bits per heavy atom. The highest BCUT2D eigenvalue weighted by Gasteiger charge is 2.23. The first-order valence-electron chi connectivity index (χ1n) is 8.93. The minimum Gasteiger partial charge on any atom is -0.497 e. The summed E-state index contributed by atoms with van der Waals surface area (Å²) in [6.07, 6.45) is 4.26. The highest BCUT2D eigenvalue weighted by atomic mass is 16.5. The normalized spacial score (nSPS) is 17.3. The van der Waals surface area contributed by atoms with Gasteiger partial charge in [-0.2, -0.15) is 4.98 Å². The Kier molecular flexibility index (Phi) is 4.56. The summed E-state index contributed by atoms with van der Waals surface area (Å²) in [5, 5.41) is 4.15. The Morgan fingerprint density at radius 1 is 1.19 bits per heavy atom. The number of nitrogens with zero attached hydrogens (tertiary/aromatic N) is 4. The zero-order chi connectivity index (χ0) is 17.9. The molecular formula is C20H22N4O2. The molecule has 2 aromatic heterocycles. The molecule has 0 spiro atoms. The van der Waals surface area contributed by atoms with Gasteiger partial charge in [-0.3, -0.25) is 0 Å². The average Bonchev–Trinajstić information content (AvgIpc) is 3.18. The molecule has 0 aliphatic carbocycles. The molecule has 1 aromatic carbocycles. The first-order valence-corrected chi connectivity index (χ1v) is 8.93. The van der Waals surface area contributed by atoms with Crippen LogP contribution in [0.1, 0.15) is 19.8 Å². The molecule has 1 aliphatic heterocycles. The van der Waals surface area contributed by atoms with Gasteiger partial charge >= 0.3 is 0 Å². The largest absolute Gasteiger partial charge is 0.497 e.